The molecule has 29 heavy (non-hydrogen) atoms. The van der Waals surface area contributed by atoms with Crippen LogP contribution in [0.2, 0.25) is 0 Å². The lowest BCUT2D eigenvalue weighted by molar-refractivity contribution is 0.0695. The second-order valence-electron chi connectivity index (χ2n) is 6.48. The fourth-order valence-electron chi connectivity index (χ4n) is 2.97. The molecule has 0 bridgehead atoms. The normalized spacial score (nSPS) is 11.4. The van der Waals surface area contributed by atoms with Crippen LogP contribution in [0.15, 0.2) is 84.3 Å². The third kappa shape index (κ3) is 5.80. The van der Waals surface area contributed by atoms with Crippen molar-refractivity contribution in [1.82, 2.24) is 0 Å². The van der Waals surface area contributed by atoms with Gasteiger partial charge in [0.25, 0.3) is 10.0 Å². The summed E-state index contributed by atoms with van der Waals surface area (Å²) in [6.45, 7) is 0. The van der Waals surface area contributed by atoms with Crippen LogP contribution in [0.5, 0.6) is 0 Å². The molecule has 0 unspecified atom stereocenters. The van der Waals surface area contributed by atoms with Crippen molar-refractivity contribution in [3.63, 3.8) is 0 Å². The molecule has 0 aliphatic carbocycles. The van der Waals surface area contributed by atoms with E-state index in [1.807, 2.05) is 42.5 Å². The van der Waals surface area contributed by atoms with Crippen molar-refractivity contribution in [2.24, 2.45) is 0 Å². The maximum Gasteiger partial charge on any atom is 0.335 e. The zero-order valence-electron chi connectivity index (χ0n) is 15.7. The van der Waals surface area contributed by atoms with Crippen LogP contribution in [0.4, 0.5) is 5.69 Å². The zero-order valence-corrected chi connectivity index (χ0v) is 16.5. The quantitative estimate of drug-likeness (QED) is 0.572. The summed E-state index contributed by atoms with van der Waals surface area (Å²) in [5, 5.41) is 10.5. The number of para-hydroxylation sites is 1. The second kappa shape index (κ2) is 9.21. The van der Waals surface area contributed by atoms with Gasteiger partial charge >= 0.3 is 5.97 Å². The number of hydrogen-bond acceptors (Lipinski definition) is 3. The average molecular weight is 407 g/mol. The number of anilines is 1. The number of carboxylic acids is 1. The maximum absolute atomic E-state index is 12.5. The van der Waals surface area contributed by atoms with Gasteiger partial charge in [-0.05, 0) is 47.7 Å². The minimum Gasteiger partial charge on any atom is -0.478 e. The summed E-state index contributed by atoms with van der Waals surface area (Å²) in [5.41, 5.74) is 3.04. The van der Waals surface area contributed by atoms with Crippen LogP contribution in [0.25, 0.3) is 6.08 Å². The van der Waals surface area contributed by atoms with Crippen LogP contribution in [-0.4, -0.2) is 19.5 Å². The average Bonchev–Trinajstić information content (AvgIpc) is 2.72. The Hall–Kier alpha value is -3.38. The van der Waals surface area contributed by atoms with E-state index in [0.29, 0.717) is 24.1 Å². The van der Waals surface area contributed by atoms with E-state index >= 15 is 0 Å². The molecule has 0 fully saturated rings. The first-order chi connectivity index (χ1) is 13.9. The molecular formula is C23H21NO4S. The first-order valence-electron chi connectivity index (χ1n) is 9.10. The number of carboxylic acid groups (broad SMARTS) is 1. The molecular weight excluding hydrogens is 386 g/mol. The fourth-order valence-corrected chi connectivity index (χ4v) is 3.88. The zero-order chi connectivity index (χ0) is 20.7. The van der Waals surface area contributed by atoms with E-state index in [0.717, 1.165) is 16.5 Å². The minimum atomic E-state index is -3.68. The molecule has 0 radical (unpaired) electrons. The van der Waals surface area contributed by atoms with E-state index in [-0.39, 0.29) is 5.56 Å². The molecule has 2 N–H and O–H groups in total. The largest absolute Gasteiger partial charge is 0.478 e. The van der Waals surface area contributed by atoms with Crippen molar-refractivity contribution < 1.29 is 18.3 Å². The molecule has 0 heterocycles. The van der Waals surface area contributed by atoms with Crippen LogP contribution in [0, 0.1) is 0 Å². The Balaban J connectivity index is 1.75. The monoisotopic (exact) mass is 407 g/mol. The highest BCUT2D eigenvalue weighted by atomic mass is 32.2. The number of aromatic carboxylic acids is 1. The third-order valence-corrected chi connectivity index (χ3v) is 5.42. The summed E-state index contributed by atoms with van der Waals surface area (Å²) in [7, 11) is -3.68. The molecule has 0 atom stereocenters. The molecule has 3 rings (SSSR count). The number of rotatable bonds is 8. The molecule has 0 aliphatic rings. The lowest BCUT2D eigenvalue weighted by Gasteiger charge is -2.12. The highest BCUT2D eigenvalue weighted by Gasteiger charge is 2.12. The van der Waals surface area contributed by atoms with Crippen molar-refractivity contribution >= 4 is 27.8 Å². The molecule has 0 amide bonds. The van der Waals surface area contributed by atoms with E-state index in [4.69, 9.17) is 0 Å². The molecule has 3 aromatic rings. The van der Waals surface area contributed by atoms with Gasteiger partial charge in [-0.1, -0.05) is 66.7 Å². The SMILES string of the molecule is O=C(O)c1ccccc1CCc1ccccc1NS(=O)(=O)C=Cc1ccccc1. The Morgan fingerprint density at radius 1 is 0.828 bits per heavy atom. The molecule has 5 nitrogen and oxygen atoms in total. The van der Waals surface area contributed by atoms with Crippen LogP contribution >= 0.6 is 0 Å². The van der Waals surface area contributed by atoms with E-state index < -0.39 is 16.0 Å². The van der Waals surface area contributed by atoms with Gasteiger partial charge in [0.15, 0.2) is 0 Å². The fraction of sp³-hybridized carbons (Fsp3) is 0.0870. The molecule has 0 saturated carbocycles. The summed E-state index contributed by atoms with van der Waals surface area (Å²) in [4.78, 5) is 11.4. The van der Waals surface area contributed by atoms with E-state index in [1.54, 1.807) is 36.4 Å². The molecule has 0 saturated heterocycles. The molecule has 3 aromatic carbocycles. The number of aryl methyl sites for hydroxylation is 2. The summed E-state index contributed by atoms with van der Waals surface area (Å²) < 4.78 is 27.5. The van der Waals surface area contributed by atoms with Crippen molar-refractivity contribution in [2.45, 2.75) is 12.8 Å². The molecule has 0 spiro atoms. The Labute approximate surface area is 170 Å². The number of nitrogens with one attached hydrogen (secondary N) is 1. The van der Waals surface area contributed by atoms with Gasteiger partial charge in [0.05, 0.1) is 16.7 Å². The Morgan fingerprint density at radius 3 is 2.14 bits per heavy atom. The minimum absolute atomic E-state index is 0.261. The van der Waals surface area contributed by atoms with Crippen LogP contribution in [0.3, 0.4) is 0 Å². The van der Waals surface area contributed by atoms with Gasteiger partial charge < -0.3 is 5.11 Å². The Kier molecular flexibility index (Phi) is 6.46. The van der Waals surface area contributed by atoms with Crippen LogP contribution in [-0.2, 0) is 22.9 Å². The van der Waals surface area contributed by atoms with Gasteiger partial charge in [0.1, 0.15) is 0 Å². The van der Waals surface area contributed by atoms with Crippen molar-refractivity contribution in [2.75, 3.05) is 4.72 Å². The third-order valence-electron chi connectivity index (χ3n) is 4.42. The van der Waals surface area contributed by atoms with Gasteiger partial charge in [-0.3, -0.25) is 4.72 Å². The molecule has 6 heteroatoms. The lowest BCUT2D eigenvalue weighted by Crippen LogP contribution is -2.11. The Bertz CT molecular complexity index is 1120. The van der Waals surface area contributed by atoms with E-state index in [1.165, 1.54) is 6.08 Å². The first kappa shape index (κ1) is 20.4. The molecule has 0 aliphatic heterocycles. The van der Waals surface area contributed by atoms with Crippen LogP contribution in [0.1, 0.15) is 27.0 Å². The van der Waals surface area contributed by atoms with Crippen LogP contribution < -0.4 is 4.72 Å². The summed E-state index contributed by atoms with van der Waals surface area (Å²) in [6, 6.07) is 23.1. The van der Waals surface area contributed by atoms with Gasteiger partial charge in [0, 0.05) is 0 Å². The smallest absolute Gasteiger partial charge is 0.335 e. The number of hydrogen-bond donors (Lipinski definition) is 2. The second-order valence-corrected chi connectivity index (χ2v) is 8.05. The number of sulfonamides is 1. The predicted molar refractivity (Wildman–Crippen MR) is 115 cm³/mol. The highest BCUT2D eigenvalue weighted by molar-refractivity contribution is 7.95. The molecule has 0 aromatic heterocycles. The molecule has 148 valence electrons. The maximum atomic E-state index is 12.5. The first-order valence-corrected chi connectivity index (χ1v) is 10.6. The lowest BCUT2D eigenvalue weighted by atomic mass is 9.99. The standard InChI is InChI=1S/C23H21NO4S/c25-23(26)21-12-6-4-10-19(21)14-15-20-11-5-7-13-22(20)24-29(27,28)17-16-18-8-2-1-3-9-18/h1-13,16-17,24H,14-15H2,(H,25,26). The topological polar surface area (TPSA) is 83.5 Å². The van der Waals surface area contributed by atoms with Crippen molar-refractivity contribution in [1.29, 1.82) is 0 Å². The highest BCUT2D eigenvalue weighted by Crippen LogP contribution is 2.21. The van der Waals surface area contributed by atoms with Gasteiger partial charge in [0.2, 0.25) is 0 Å². The predicted octanol–water partition coefficient (Wildman–Crippen LogP) is 4.58. The van der Waals surface area contributed by atoms with Crippen molar-refractivity contribution in [3.8, 4) is 0 Å². The summed E-state index contributed by atoms with van der Waals surface area (Å²) in [6.07, 6.45) is 2.53. The number of carbonyl (C=O) groups is 1. The van der Waals surface area contributed by atoms with Gasteiger partial charge in [-0.25, -0.2) is 13.2 Å². The van der Waals surface area contributed by atoms with E-state index in [9.17, 15) is 18.3 Å². The summed E-state index contributed by atoms with van der Waals surface area (Å²) >= 11 is 0. The summed E-state index contributed by atoms with van der Waals surface area (Å²) in [5.74, 6) is -0.972. The van der Waals surface area contributed by atoms with Crippen molar-refractivity contribution in [3.05, 3.63) is 107 Å². The Morgan fingerprint density at radius 2 is 1.41 bits per heavy atom. The number of benzene rings is 3. The van der Waals surface area contributed by atoms with Gasteiger partial charge in [-0.15, -0.1) is 0 Å². The van der Waals surface area contributed by atoms with E-state index in [2.05, 4.69) is 4.72 Å². The van der Waals surface area contributed by atoms with Gasteiger partial charge in [-0.2, -0.15) is 0 Å².